The van der Waals surface area contributed by atoms with Gasteiger partial charge in [0.05, 0.1) is 33.5 Å². The molecule has 4 aromatic rings. The highest BCUT2D eigenvalue weighted by Gasteiger charge is 2.32. The number of nitrogens with zero attached hydrogens (tertiary/aromatic N) is 4. The Morgan fingerprint density at radius 2 is 2.03 bits per heavy atom. The number of para-hydroxylation sites is 1. The Labute approximate surface area is 195 Å². The van der Waals surface area contributed by atoms with Crippen molar-refractivity contribution in [1.82, 2.24) is 19.7 Å². The van der Waals surface area contributed by atoms with Gasteiger partial charge < -0.3 is 9.32 Å². The van der Waals surface area contributed by atoms with E-state index in [4.69, 9.17) is 4.42 Å². The molecule has 1 aliphatic rings. The first kappa shape index (κ1) is 21.8. The van der Waals surface area contributed by atoms with E-state index in [9.17, 15) is 13.2 Å². The number of sulfone groups is 1. The molecule has 5 rings (SSSR count). The standard InChI is InChI=1S/C23H24N4O4S2/c1-14-17(15(2)27(25-14)16-10-11-33(29,30)13-16)12-26(3)23(28)20-9-8-19(31-20)22-24-18-6-4-5-7-21(18)32-22/h4-9,16H,10-13H2,1-3H3. The van der Waals surface area contributed by atoms with E-state index < -0.39 is 9.84 Å². The van der Waals surface area contributed by atoms with Crippen LogP contribution in [0.25, 0.3) is 21.0 Å². The lowest BCUT2D eigenvalue weighted by Crippen LogP contribution is -2.26. The number of carbonyl (C=O) groups is 1. The first-order valence-electron chi connectivity index (χ1n) is 10.7. The molecule has 1 fully saturated rings. The Hall–Kier alpha value is -2.98. The largest absolute Gasteiger partial charge is 0.448 e. The van der Waals surface area contributed by atoms with Crippen molar-refractivity contribution in [2.45, 2.75) is 32.9 Å². The minimum Gasteiger partial charge on any atom is -0.448 e. The minimum absolute atomic E-state index is 0.115. The zero-order valence-electron chi connectivity index (χ0n) is 18.6. The number of aromatic nitrogens is 3. The van der Waals surface area contributed by atoms with Crippen molar-refractivity contribution in [1.29, 1.82) is 0 Å². The van der Waals surface area contributed by atoms with Gasteiger partial charge in [0.2, 0.25) is 0 Å². The average Bonchev–Trinajstić information content (AvgIpc) is 3.55. The smallest absolute Gasteiger partial charge is 0.289 e. The molecule has 8 nitrogen and oxygen atoms in total. The van der Waals surface area contributed by atoms with Crippen LogP contribution in [0.5, 0.6) is 0 Å². The molecule has 0 bridgehead atoms. The second-order valence-electron chi connectivity index (χ2n) is 8.46. The molecule has 1 unspecified atom stereocenters. The quantitative estimate of drug-likeness (QED) is 0.425. The van der Waals surface area contributed by atoms with Crippen molar-refractivity contribution < 1.29 is 17.6 Å². The number of amides is 1. The van der Waals surface area contributed by atoms with Crippen molar-refractivity contribution in [2.24, 2.45) is 0 Å². The number of thiazole rings is 1. The summed E-state index contributed by atoms with van der Waals surface area (Å²) in [6.07, 6.45) is 0.569. The van der Waals surface area contributed by atoms with E-state index in [-0.39, 0.29) is 29.2 Å². The summed E-state index contributed by atoms with van der Waals surface area (Å²) in [4.78, 5) is 19.2. The summed E-state index contributed by atoms with van der Waals surface area (Å²) < 4.78 is 32.5. The Morgan fingerprint density at radius 3 is 2.76 bits per heavy atom. The molecule has 172 valence electrons. The van der Waals surface area contributed by atoms with Crippen LogP contribution in [0.15, 0.2) is 40.8 Å². The Morgan fingerprint density at radius 1 is 1.24 bits per heavy atom. The number of rotatable bonds is 5. The number of hydrogen-bond acceptors (Lipinski definition) is 7. The molecule has 1 atom stereocenters. The summed E-state index contributed by atoms with van der Waals surface area (Å²) in [6.45, 7) is 4.17. The summed E-state index contributed by atoms with van der Waals surface area (Å²) in [6, 6.07) is 11.2. The zero-order chi connectivity index (χ0) is 23.3. The van der Waals surface area contributed by atoms with Gasteiger partial charge in [0.25, 0.3) is 5.91 Å². The van der Waals surface area contributed by atoms with Gasteiger partial charge in [-0.3, -0.25) is 9.48 Å². The molecule has 0 N–H and O–H groups in total. The summed E-state index contributed by atoms with van der Waals surface area (Å²) in [5.41, 5.74) is 3.51. The van der Waals surface area contributed by atoms with E-state index in [0.29, 0.717) is 18.7 Å². The van der Waals surface area contributed by atoms with E-state index in [1.165, 1.54) is 11.3 Å². The summed E-state index contributed by atoms with van der Waals surface area (Å²) in [7, 11) is -1.29. The molecular formula is C23H24N4O4S2. The summed E-state index contributed by atoms with van der Waals surface area (Å²) in [5, 5.41) is 5.33. The van der Waals surface area contributed by atoms with Gasteiger partial charge in [0.1, 0.15) is 0 Å². The molecular weight excluding hydrogens is 460 g/mol. The fourth-order valence-corrected chi connectivity index (χ4v) is 6.91. The average molecular weight is 485 g/mol. The number of benzene rings is 1. The lowest BCUT2D eigenvalue weighted by atomic mass is 10.1. The van der Waals surface area contributed by atoms with Crippen molar-refractivity contribution in [2.75, 3.05) is 18.6 Å². The van der Waals surface area contributed by atoms with Crippen LogP contribution in [0.2, 0.25) is 0 Å². The minimum atomic E-state index is -3.01. The molecule has 1 saturated heterocycles. The topological polar surface area (TPSA) is 98.3 Å². The van der Waals surface area contributed by atoms with Crippen LogP contribution < -0.4 is 0 Å². The fraction of sp³-hybridized carbons (Fsp3) is 0.348. The Kier molecular flexibility index (Phi) is 5.37. The van der Waals surface area contributed by atoms with Gasteiger partial charge in [-0.2, -0.15) is 5.10 Å². The third-order valence-electron chi connectivity index (χ3n) is 6.09. The summed E-state index contributed by atoms with van der Waals surface area (Å²) >= 11 is 1.52. The van der Waals surface area contributed by atoms with Crippen molar-refractivity contribution >= 4 is 37.3 Å². The van der Waals surface area contributed by atoms with Gasteiger partial charge >= 0.3 is 0 Å². The molecule has 4 heterocycles. The highest BCUT2D eigenvalue weighted by molar-refractivity contribution is 7.91. The Balaban J connectivity index is 1.34. The molecule has 10 heteroatoms. The second-order valence-corrected chi connectivity index (χ2v) is 11.7. The van der Waals surface area contributed by atoms with Gasteiger partial charge in [-0.25, -0.2) is 13.4 Å². The van der Waals surface area contributed by atoms with Crippen LogP contribution in [0, 0.1) is 13.8 Å². The van der Waals surface area contributed by atoms with Crippen LogP contribution in [-0.2, 0) is 16.4 Å². The Bertz CT molecular complexity index is 1430. The van der Waals surface area contributed by atoms with Crippen molar-refractivity contribution in [3.05, 3.63) is 59.1 Å². The van der Waals surface area contributed by atoms with Crippen LogP contribution in [0.4, 0.5) is 0 Å². The second kappa shape index (κ2) is 8.11. The monoisotopic (exact) mass is 484 g/mol. The zero-order valence-corrected chi connectivity index (χ0v) is 20.2. The maximum absolute atomic E-state index is 13.0. The van der Waals surface area contributed by atoms with Crippen molar-refractivity contribution in [3.63, 3.8) is 0 Å². The third kappa shape index (κ3) is 4.08. The van der Waals surface area contributed by atoms with Crippen molar-refractivity contribution in [3.8, 4) is 10.8 Å². The number of fused-ring (bicyclic) bond motifs is 1. The molecule has 0 spiro atoms. The van der Waals surface area contributed by atoms with Gasteiger partial charge in [-0.1, -0.05) is 12.1 Å². The maximum Gasteiger partial charge on any atom is 0.289 e. The van der Waals surface area contributed by atoms with Crippen LogP contribution in [0.1, 0.15) is 40.0 Å². The molecule has 3 aromatic heterocycles. The number of furan rings is 1. The molecule has 1 amide bonds. The van der Waals surface area contributed by atoms with E-state index >= 15 is 0 Å². The highest BCUT2D eigenvalue weighted by Crippen LogP contribution is 2.32. The van der Waals surface area contributed by atoms with Crippen LogP contribution in [-0.4, -0.2) is 52.5 Å². The van der Waals surface area contributed by atoms with Crippen LogP contribution >= 0.6 is 11.3 Å². The van der Waals surface area contributed by atoms with Gasteiger partial charge in [-0.15, -0.1) is 11.3 Å². The normalized spacial score (nSPS) is 17.6. The lowest BCUT2D eigenvalue weighted by Gasteiger charge is -2.17. The first-order valence-corrected chi connectivity index (χ1v) is 13.3. The molecule has 0 radical (unpaired) electrons. The SMILES string of the molecule is Cc1nn(C2CCS(=O)(=O)C2)c(C)c1CN(C)C(=O)c1ccc(-c2nc3ccccc3s2)o1. The third-order valence-corrected chi connectivity index (χ3v) is 8.89. The molecule has 33 heavy (non-hydrogen) atoms. The van der Waals surface area contributed by atoms with E-state index in [1.54, 1.807) is 24.1 Å². The van der Waals surface area contributed by atoms with Crippen LogP contribution in [0.3, 0.4) is 0 Å². The predicted octanol–water partition coefficient (Wildman–Crippen LogP) is 4.00. The maximum atomic E-state index is 13.0. The number of hydrogen-bond donors (Lipinski definition) is 0. The molecule has 0 aliphatic carbocycles. The highest BCUT2D eigenvalue weighted by atomic mass is 32.2. The predicted molar refractivity (Wildman–Crippen MR) is 127 cm³/mol. The number of carbonyl (C=O) groups excluding carboxylic acids is 1. The number of aryl methyl sites for hydroxylation is 1. The molecule has 1 aromatic carbocycles. The lowest BCUT2D eigenvalue weighted by molar-refractivity contribution is 0.0754. The van der Waals surface area contributed by atoms with E-state index in [2.05, 4.69) is 10.1 Å². The van der Waals surface area contributed by atoms with Gasteiger partial charge in [0.15, 0.2) is 26.4 Å². The summed E-state index contributed by atoms with van der Waals surface area (Å²) in [5.74, 6) is 0.882. The van der Waals surface area contributed by atoms with E-state index in [1.807, 2.05) is 42.8 Å². The molecule has 1 aliphatic heterocycles. The van der Waals surface area contributed by atoms with E-state index in [0.717, 1.165) is 32.2 Å². The molecule has 0 saturated carbocycles. The first-order chi connectivity index (χ1) is 15.7. The van der Waals surface area contributed by atoms with Gasteiger partial charge in [-0.05, 0) is 44.5 Å². The van der Waals surface area contributed by atoms with Gasteiger partial charge in [0, 0.05) is 24.8 Å². The fourth-order valence-electron chi connectivity index (χ4n) is 4.29.